The number of para-hydroxylation sites is 1. The van der Waals surface area contributed by atoms with E-state index in [-0.39, 0.29) is 24.4 Å². The highest BCUT2D eigenvalue weighted by molar-refractivity contribution is 6.09. The van der Waals surface area contributed by atoms with Gasteiger partial charge in [-0.15, -0.1) is 0 Å². The number of imide groups is 1. The molecular formula is C19H15N3O3. The normalized spacial score (nSPS) is 13.8. The Morgan fingerprint density at radius 2 is 1.52 bits per heavy atom. The molecule has 6 nitrogen and oxygen atoms in total. The summed E-state index contributed by atoms with van der Waals surface area (Å²) in [4.78, 5) is 39.0. The molecule has 1 N–H and O–H groups in total. The minimum absolute atomic E-state index is 0.00296. The number of H-pyrrole nitrogens is 1. The third-order valence-electron chi connectivity index (χ3n) is 4.25. The zero-order valence-corrected chi connectivity index (χ0v) is 13.3. The topological polar surface area (TPSA) is 75.2 Å². The first kappa shape index (κ1) is 15.1. The molecule has 0 spiro atoms. The molecular weight excluding hydrogens is 318 g/mol. The van der Waals surface area contributed by atoms with Crippen molar-refractivity contribution in [1.82, 2.24) is 14.7 Å². The lowest BCUT2D eigenvalue weighted by atomic mass is 10.1. The lowest BCUT2D eigenvalue weighted by Crippen LogP contribution is -2.43. The molecule has 0 aliphatic carbocycles. The molecule has 0 saturated heterocycles. The number of aromatic amines is 1. The van der Waals surface area contributed by atoms with Crippen molar-refractivity contribution in [2.24, 2.45) is 0 Å². The number of benzene rings is 2. The van der Waals surface area contributed by atoms with E-state index < -0.39 is 11.5 Å². The van der Waals surface area contributed by atoms with Crippen LogP contribution < -0.4 is 5.56 Å². The molecule has 2 aromatic carbocycles. The van der Waals surface area contributed by atoms with E-state index in [2.05, 4.69) is 5.10 Å². The molecule has 0 bridgehead atoms. The summed E-state index contributed by atoms with van der Waals surface area (Å²) in [5.41, 5.74) is 1.44. The first-order valence-corrected chi connectivity index (χ1v) is 7.93. The van der Waals surface area contributed by atoms with Gasteiger partial charge in [0, 0.05) is 0 Å². The number of amides is 2. The fourth-order valence-electron chi connectivity index (χ4n) is 3.01. The number of carbonyl (C=O) groups excluding carboxylic acids is 2. The summed E-state index contributed by atoms with van der Waals surface area (Å²) in [5.74, 6) is -0.867. The molecule has 4 rings (SSSR count). The number of fused-ring (bicyclic) bond motifs is 1. The molecule has 2 amide bonds. The molecule has 1 aliphatic heterocycles. The molecule has 3 aromatic rings. The number of hydrogen-bond donors (Lipinski definition) is 1. The molecule has 0 saturated carbocycles. The van der Waals surface area contributed by atoms with Gasteiger partial charge in [0.2, 0.25) is 5.91 Å². The van der Waals surface area contributed by atoms with E-state index in [1.54, 1.807) is 24.3 Å². The Balaban J connectivity index is 1.74. The predicted molar refractivity (Wildman–Crippen MR) is 91.4 cm³/mol. The maximum absolute atomic E-state index is 12.8. The Labute approximate surface area is 143 Å². The van der Waals surface area contributed by atoms with E-state index in [1.807, 2.05) is 36.4 Å². The number of carbonyl (C=O) groups is 2. The van der Waals surface area contributed by atoms with Crippen LogP contribution in [0.1, 0.15) is 21.6 Å². The van der Waals surface area contributed by atoms with Gasteiger partial charge in [-0.2, -0.15) is 0 Å². The minimum Gasteiger partial charge on any atom is -0.294 e. The second-order valence-electron chi connectivity index (χ2n) is 5.89. The molecule has 124 valence electrons. The van der Waals surface area contributed by atoms with Gasteiger partial charge >= 0.3 is 0 Å². The number of nitrogens with one attached hydrogen (secondary N) is 1. The van der Waals surface area contributed by atoms with Crippen LogP contribution in [-0.4, -0.2) is 26.5 Å². The lowest BCUT2D eigenvalue weighted by molar-refractivity contribution is -0.128. The van der Waals surface area contributed by atoms with Crippen molar-refractivity contribution in [3.8, 4) is 5.69 Å². The summed E-state index contributed by atoms with van der Waals surface area (Å²) in [7, 11) is 0. The second-order valence-corrected chi connectivity index (χ2v) is 5.89. The minimum atomic E-state index is -0.550. The summed E-state index contributed by atoms with van der Waals surface area (Å²) >= 11 is 0. The van der Waals surface area contributed by atoms with Crippen LogP contribution in [0.15, 0.2) is 65.5 Å². The van der Waals surface area contributed by atoms with E-state index in [4.69, 9.17) is 0 Å². The van der Waals surface area contributed by atoms with Crippen LogP contribution in [0.3, 0.4) is 0 Å². The average Bonchev–Trinajstić information content (AvgIpc) is 2.96. The van der Waals surface area contributed by atoms with Crippen molar-refractivity contribution < 1.29 is 9.59 Å². The number of rotatable bonds is 3. The van der Waals surface area contributed by atoms with Crippen LogP contribution in [0.2, 0.25) is 0 Å². The van der Waals surface area contributed by atoms with Crippen molar-refractivity contribution >= 4 is 11.8 Å². The maximum atomic E-state index is 12.8. The zero-order chi connectivity index (χ0) is 17.4. The van der Waals surface area contributed by atoms with Gasteiger partial charge < -0.3 is 0 Å². The summed E-state index contributed by atoms with van der Waals surface area (Å²) < 4.78 is 1.31. The molecule has 0 unspecified atom stereocenters. The molecule has 1 aliphatic rings. The molecule has 25 heavy (non-hydrogen) atoms. The summed E-state index contributed by atoms with van der Waals surface area (Å²) in [6.45, 7) is 0.161. The smallest absolute Gasteiger partial charge is 0.284 e. The van der Waals surface area contributed by atoms with Crippen LogP contribution in [0, 0.1) is 0 Å². The fourth-order valence-corrected chi connectivity index (χ4v) is 3.01. The summed E-state index contributed by atoms with van der Waals surface area (Å²) in [6.07, 6.45) is 0.00296. The molecule has 0 atom stereocenters. The Morgan fingerprint density at radius 3 is 2.20 bits per heavy atom. The van der Waals surface area contributed by atoms with E-state index in [9.17, 15) is 14.4 Å². The first-order valence-electron chi connectivity index (χ1n) is 7.93. The zero-order valence-electron chi connectivity index (χ0n) is 13.3. The molecule has 1 aromatic heterocycles. The standard InChI is InChI=1S/C19H15N3O3/c23-16-11-15-17(18(24)21(16)12-13-7-3-1-4-8-13)19(25)22(20-15)14-9-5-2-6-10-14/h1-10,20H,11-12H2. The molecule has 0 radical (unpaired) electrons. The highest BCUT2D eigenvalue weighted by Gasteiger charge is 2.35. The average molecular weight is 333 g/mol. The molecule has 6 heteroatoms. The van der Waals surface area contributed by atoms with Crippen molar-refractivity contribution in [2.75, 3.05) is 0 Å². The van der Waals surface area contributed by atoms with Gasteiger partial charge in [0.05, 0.1) is 24.3 Å². The largest absolute Gasteiger partial charge is 0.294 e. The van der Waals surface area contributed by atoms with Crippen LogP contribution in [0.4, 0.5) is 0 Å². The SMILES string of the molecule is O=C1Cc2[nH]n(-c3ccccc3)c(=O)c2C(=O)N1Cc1ccccc1. The third-order valence-corrected chi connectivity index (χ3v) is 4.25. The predicted octanol–water partition coefficient (Wildman–Crippen LogP) is 1.89. The van der Waals surface area contributed by atoms with E-state index in [0.29, 0.717) is 11.4 Å². The van der Waals surface area contributed by atoms with Gasteiger partial charge in [-0.3, -0.25) is 24.4 Å². The fraction of sp³-hybridized carbons (Fsp3) is 0.105. The van der Waals surface area contributed by atoms with E-state index in [1.165, 1.54) is 4.68 Å². The molecule has 2 heterocycles. The number of nitrogens with zero attached hydrogens (tertiary/aromatic N) is 2. The highest BCUT2D eigenvalue weighted by Crippen LogP contribution is 2.19. The third kappa shape index (κ3) is 2.57. The second kappa shape index (κ2) is 5.90. The lowest BCUT2D eigenvalue weighted by Gasteiger charge is -2.24. The Morgan fingerprint density at radius 1 is 0.880 bits per heavy atom. The van der Waals surface area contributed by atoms with Crippen LogP contribution in [0.5, 0.6) is 0 Å². The monoisotopic (exact) mass is 333 g/mol. The van der Waals surface area contributed by atoms with E-state index >= 15 is 0 Å². The van der Waals surface area contributed by atoms with Gasteiger partial charge in [-0.05, 0) is 17.7 Å². The Kier molecular flexibility index (Phi) is 3.57. The van der Waals surface area contributed by atoms with Gasteiger partial charge in [0.25, 0.3) is 11.5 Å². The number of hydrogen-bond acceptors (Lipinski definition) is 3. The number of aromatic nitrogens is 2. The quantitative estimate of drug-likeness (QED) is 0.744. The van der Waals surface area contributed by atoms with Crippen molar-refractivity contribution in [2.45, 2.75) is 13.0 Å². The maximum Gasteiger partial charge on any atom is 0.284 e. The Bertz CT molecular complexity index is 1000. The van der Waals surface area contributed by atoms with Gasteiger partial charge in [0.15, 0.2) is 0 Å². The summed E-state index contributed by atoms with van der Waals surface area (Å²) in [6, 6.07) is 18.2. The van der Waals surface area contributed by atoms with Crippen LogP contribution in [-0.2, 0) is 17.8 Å². The van der Waals surface area contributed by atoms with E-state index in [0.717, 1.165) is 10.5 Å². The molecule has 0 fully saturated rings. The van der Waals surface area contributed by atoms with Gasteiger partial charge in [-0.25, -0.2) is 4.68 Å². The first-order chi connectivity index (χ1) is 12.1. The van der Waals surface area contributed by atoms with Gasteiger partial charge in [0.1, 0.15) is 5.56 Å². The van der Waals surface area contributed by atoms with Crippen LogP contribution >= 0.6 is 0 Å². The summed E-state index contributed by atoms with van der Waals surface area (Å²) in [5, 5.41) is 2.90. The van der Waals surface area contributed by atoms with Gasteiger partial charge in [-0.1, -0.05) is 48.5 Å². The Hall–Kier alpha value is -3.41. The van der Waals surface area contributed by atoms with Crippen molar-refractivity contribution in [3.05, 3.63) is 87.8 Å². The van der Waals surface area contributed by atoms with Crippen molar-refractivity contribution in [3.63, 3.8) is 0 Å². The van der Waals surface area contributed by atoms with Crippen molar-refractivity contribution in [1.29, 1.82) is 0 Å². The van der Waals surface area contributed by atoms with Crippen LogP contribution in [0.25, 0.3) is 5.69 Å². The highest BCUT2D eigenvalue weighted by atomic mass is 16.2.